The van der Waals surface area contributed by atoms with Crippen LogP contribution in [0.25, 0.3) is 10.9 Å². The van der Waals surface area contributed by atoms with E-state index in [0.717, 1.165) is 22.3 Å². The van der Waals surface area contributed by atoms with E-state index >= 15 is 0 Å². The highest BCUT2D eigenvalue weighted by Gasteiger charge is 2.23. The van der Waals surface area contributed by atoms with E-state index in [1.807, 2.05) is 30.3 Å². The van der Waals surface area contributed by atoms with Crippen LogP contribution in [0.15, 0.2) is 42.5 Å². The molecule has 0 saturated heterocycles. The van der Waals surface area contributed by atoms with Crippen molar-refractivity contribution in [2.75, 3.05) is 14.2 Å². The molecule has 26 heavy (non-hydrogen) atoms. The molecule has 0 radical (unpaired) electrons. The van der Waals surface area contributed by atoms with Gasteiger partial charge < -0.3 is 14.0 Å². The van der Waals surface area contributed by atoms with Crippen molar-refractivity contribution in [2.24, 2.45) is 0 Å². The van der Waals surface area contributed by atoms with Crippen LogP contribution in [0.1, 0.15) is 22.7 Å². The number of terminal acetylenes is 2. The Labute approximate surface area is 154 Å². The molecule has 130 valence electrons. The van der Waals surface area contributed by atoms with Crippen LogP contribution < -0.4 is 9.47 Å². The highest BCUT2D eigenvalue weighted by Crippen LogP contribution is 2.37. The van der Waals surface area contributed by atoms with Crippen molar-refractivity contribution in [2.45, 2.75) is 19.4 Å². The summed E-state index contributed by atoms with van der Waals surface area (Å²) in [4.78, 5) is 0. The second-order valence-corrected chi connectivity index (χ2v) is 6.03. The van der Waals surface area contributed by atoms with Gasteiger partial charge in [-0.25, -0.2) is 0 Å². The molecule has 1 unspecified atom stereocenters. The van der Waals surface area contributed by atoms with Crippen molar-refractivity contribution in [1.29, 1.82) is 0 Å². The zero-order valence-electron chi connectivity index (χ0n) is 15.2. The number of aryl methyl sites for hydroxylation is 1. The smallest absolute Gasteiger partial charge is 0.161 e. The van der Waals surface area contributed by atoms with Crippen LogP contribution in [0.2, 0.25) is 0 Å². The average Bonchev–Trinajstić information content (AvgIpc) is 2.95. The molecule has 3 heteroatoms. The standard InChI is InChI=1S/C23H21NO2/c1-6-14-24-20-11-9-8-10-19(20)16(3)23(24)18(7-2)17-12-13-21(25-4)22(15-17)26-5/h1-2,8-13,15,18H,14H2,3-5H3. The number of hydrogen-bond donors (Lipinski definition) is 0. The number of benzene rings is 2. The summed E-state index contributed by atoms with van der Waals surface area (Å²) in [6.45, 7) is 2.56. The van der Waals surface area contributed by atoms with Gasteiger partial charge in [0, 0.05) is 16.6 Å². The Morgan fingerprint density at radius 3 is 2.42 bits per heavy atom. The Morgan fingerprint density at radius 1 is 1.04 bits per heavy atom. The van der Waals surface area contributed by atoms with E-state index in [4.69, 9.17) is 22.3 Å². The minimum atomic E-state index is -0.240. The van der Waals surface area contributed by atoms with Crippen LogP contribution in [0.4, 0.5) is 0 Å². The van der Waals surface area contributed by atoms with Gasteiger partial charge in [-0.1, -0.05) is 36.1 Å². The van der Waals surface area contributed by atoms with Crippen LogP contribution in [0.5, 0.6) is 11.5 Å². The van der Waals surface area contributed by atoms with E-state index in [-0.39, 0.29) is 5.92 Å². The fourth-order valence-electron chi connectivity index (χ4n) is 3.50. The fourth-order valence-corrected chi connectivity index (χ4v) is 3.50. The summed E-state index contributed by atoms with van der Waals surface area (Å²) < 4.78 is 12.9. The monoisotopic (exact) mass is 343 g/mol. The van der Waals surface area contributed by atoms with Gasteiger partial charge in [-0.3, -0.25) is 0 Å². The molecule has 0 aliphatic heterocycles. The third kappa shape index (κ3) is 2.79. The maximum absolute atomic E-state index is 5.97. The molecule has 0 aliphatic rings. The number of fused-ring (bicyclic) bond motifs is 1. The highest BCUT2D eigenvalue weighted by molar-refractivity contribution is 5.86. The average molecular weight is 343 g/mol. The topological polar surface area (TPSA) is 23.4 Å². The summed E-state index contributed by atoms with van der Waals surface area (Å²) in [6.07, 6.45) is 11.6. The third-order valence-corrected chi connectivity index (χ3v) is 4.70. The lowest BCUT2D eigenvalue weighted by Crippen LogP contribution is -2.09. The molecule has 2 aromatic carbocycles. The second kappa shape index (κ2) is 7.30. The van der Waals surface area contributed by atoms with Gasteiger partial charge in [-0.05, 0) is 36.2 Å². The summed E-state index contributed by atoms with van der Waals surface area (Å²) in [5.41, 5.74) is 4.25. The summed E-state index contributed by atoms with van der Waals surface area (Å²) in [5, 5.41) is 1.17. The zero-order chi connectivity index (χ0) is 18.7. The largest absolute Gasteiger partial charge is 0.493 e. The van der Waals surface area contributed by atoms with Gasteiger partial charge in [-0.2, -0.15) is 0 Å². The molecule has 3 aromatic rings. The Hall–Kier alpha value is -3.30. The molecular formula is C23H21NO2. The quantitative estimate of drug-likeness (QED) is 0.643. The summed E-state index contributed by atoms with van der Waals surface area (Å²) in [7, 11) is 3.23. The van der Waals surface area contributed by atoms with Crippen molar-refractivity contribution in [1.82, 2.24) is 4.57 Å². The molecule has 3 rings (SSSR count). The first-order valence-electron chi connectivity index (χ1n) is 8.35. The minimum Gasteiger partial charge on any atom is -0.493 e. The van der Waals surface area contributed by atoms with Gasteiger partial charge in [0.15, 0.2) is 11.5 Å². The lowest BCUT2D eigenvalue weighted by molar-refractivity contribution is 0.354. The fraction of sp³-hybridized carbons (Fsp3) is 0.217. The first-order valence-corrected chi connectivity index (χ1v) is 8.35. The normalized spacial score (nSPS) is 11.6. The van der Waals surface area contributed by atoms with Gasteiger partial charge in [-0.15, -0.1) is 12.8 Å². The van der Waals surface area contributed by atoms with Gasteiger partial charge in [0.2, 0.25) is 0 Å². The number of rotatable bonds is 5. The number of methoxy groups -OCH3 is 2. The molecule has 0 saturated carbocycles. The predicted octanol–water partition coefficient (Wildman–Crippen LogP) is 4.37. The van der Waals surface area contributed by atoms with Crippen LogP contribution in [-0.4, -0.2) is 18.8 Å². The molecule has 0 bridgehead atoms. The number of hydrogen-bond acceptors (Lipinski definition) is 2. The highest BCUT2D eigenvalue weighted by atomic mass is 16.5. The molecule has 3 nitrogen and oxygen atoms in total. The first kappa shape index (κ1) is 17.5. The lowest BCUT2D eigenvalue weighted by Gasteiger charge is -2.18. The van der Waals surface area contributed by atoms with Crippen LogP contribution in [-0.2, 0) is 6.54 Å². The maximum Gasteiger partial charge on any atom is 0.161 e. The summed E-state index contributed by atoms with van der Waals surface area (Å²) in [5.74, 6) is 6.78. The second-order valence-electron chi connectivity index (χ2n) is 6.03. The molecule has 1 aromatic heterocycles. The van der Waals surface area contributed by atoms with Gasteiger partial charge >= 0.3 is 0 Å². The Kier molecular flexibility index (Phi) is 4.92. The van der Waals surface area contributed by atoms with E-state index < -0.39 is 0 Å². The number of ether oxygens (including phenoxy) is 2. The molecule has 1 atom stereocenters. The van der Waals surface area contributed by atoms with Crippen molar-refractivity contribution in [3.63, 3.8) is 0 Å². The van der Waals surface area contributed by atoms with Crippen molar-refractivity contribution < 1.29 is 9.47 Å². The number of aromatic nitrogens is 1. The van der Waals surface area contributed by atoms with Crippen molar-refractivity contribution in [3.8, 4) is 36.2 Å². The number of para-hydroxylation sites is 1. The van der Waals surface area contributed by atoms with Gasteiger partial charge in [0.25, 0.3) is 0 Å². The zero-order valence-corrected chi connectivity index (χ0v) is 15.2. The molecule has 1 heterocycles. The molecule has 0 fully saturated rings. The molecule has 0 N–H and O–H groups in total. The van der Waals surface area contributed by atoms with Crippen LogP contribution in [0, 0.1) is 31.6 Å². The van der Waals surface area contributed by atoms with E-state index in [1.54, 1.807) is 14.2 Å². The Balaban J connectivity index is 2.24. The lowest BCUT2D eigenvalue weighted by atomic mass is 9.93. The molecule has 0 aliphatic carbocycles. The van der Waals surface area contributed by atoms with E-state index in [0.29, 0.717) is 18.0 Å². The van der Waals surface area contributed by atoms with Crippen molar-refractivity contribution >= 4 is 10.9 Å². The molecule has 0 spiro atoms. The molecular weight excluding hydrogens is 322 g/mol. The SMILES string of the molecule is C#CCn1c(C(C#C)c2ccc(OC)c(OC)c2)c(C)c2ccccc21. The molecule has 0 amide bonds. The summed E-state index contributed by atoms with van der Waals surface area (Å²) >= 11 is 0. The van der Waals surface area contributed by atoms with E-state index in [2.05, 4.69) is 35.5 Å². The third-order valence-electron chi connectivity index (χ3n) is 4.70. The first-order chi connectivity index (χ1) is 12.7. The number of nitrogens with zero attached hydrogens (tertiary/aromatic N) is 1. The van der Waals surface area contributed by atoms with Gasteiger partial charge in [0.1, 0.15) is 0 Å². The summed E-state index contributed by atoms with van der Waals surface area (Å²) in [6, 6.07) is 14.0. The van der Waals surface area contributed by atoms with Gasteiger partial charge in [0.05, 0.1) is 26.7 Å². The van der Waals surface area contributed by atoms with E-state index in [9.17, 15) is 0 Å². The Morgan fingerprint density at radius 2 is 1.77 bits per heavy atom. The van der Waals surface area contributed by atoms with Crippen LogP contribution in [0.3, 0.4) is 0 Å². The maximum atomic E-state index is 5.97. The van der Waals surface area contributed by atoms with Crippen molar-refractivity contribution in [3.05, 3.63) is 59.3 Å². The predicted molar refractivity (Wildman–Crippen MR) is 106 cm³/mol. The van der Waals surface area contributed by atoms with E-state index in [1.165, 1.54) is 5.39 Å². The minimum absolute atomic E-state index is 0.240. The van der Waals surface area contributed by atoms with Crippen LogP contribution >= 0.6 is 0 Å². The Bertz CT molecular complexity index is 1030.